The number of ether oxygens (including phenoxy) is 1. The molecule has 0 N–H and O–H groups in total. The van der Waals surface area contributed by atoms with Crippen LogP contribution in [0.1, 0.15) is 56.4 Å². The molecule has 2 amide bonds. The van der Waals surface area contributed by atoms with Gasteiger partial charge in [0.05, 0.1) is 16.0 Å². The topological polar surface area (TPSA) is 118 Å². The van der Waals surface area contributed by atoms with Crippen molar-refractivity contribution < 1.29 is 32.3 Å². The fourth-order valence-electron chi connectivity index (χ4n) is 4.06. The molecule has 1 atom stereocenters. The van der Waals surface area contributed by atoms with Gasteiger partial charge in [0.15, 0.2) is 12.4 Å². The SMILES string of the molecule is Cc1ccc2c(c1)C(=O)N(C(C)C(=O)OCC(=O)c1ccc(S(=O)(=O)N3CCCC3)cc1)C2=O. The number of benzene rings is 2. The molecule has 1 saturated heterocycles. The average molecular weight is 485 g/mol. The average Bonchev–Trinajstić information content (AvgIpc) is 3.45. The Hall–Kier alpha value is -3.37. The highest BCUT2D eigenvalue weighted by Crippen LogP contribution is 2.26. The highest BCUT2D eigenvalue weighted by atomic mass is 32.2. The van der Waals surface area contributed by atoms with Crippen LogP contribution in [-0.2, 0) is 19.6 Å². The molecule has 1 unspecified atom stereocenters. The van der Waals surface area contributed by atoms with Crippen molar-refractivity contribution >= 4 is 33.6 Å². The molecule has 9 nitrogen and oxygen atoms in total. The number of nitrogens with zero attached hydrogens (tertiary/aromatic N) is 2. The highest BCUT2D eigenvalue weighted by molar-refractivity contribution is 7.89. The minimum atomic E-state index is -3.60. The van der Waals surface area contributed by atoms with Crippen molar-refractivity contribution in [2.75, 3.05) is 19.7 Å². The number of amides is 2. The van der Waals surface area contributed by atoms with Crippen molar-refractivity contribution in [3.8, 4) is 0 Å². The van der Waals surface area contributed by atoms with Crippen molar-refractivity contribution in [3.63, 3.8) is 0 Å². The second-order valence-electron chi connectivity index (χ2n) is 8.37. The molecular formula is C24H24N2O7S. The van der Waals surface area contributed by atoms with Crippen LogP contribution in [0.25, 0.3) is 0 Å². The monoisotopic (exact) mass is 484 g/mol. The summed E-state index contributed by atoms with van der Waals surface area (Å²) in [5.41, 5.74) is 1.43. The van der Waals surface area contributed by atoms with Crippen LogP contribution in [0.5, 0.6) is 0 Å². The predicted octanol–water partition coefficient (Wildman–Crippen LogP) is 2.19. The van der Waals surface area contributed by atoms with E-state index in [1.54, 1.807) is 25.1 Å². The summed E-state index contributed by atoms with van der Waals surface area (Å²) in [6.07, 6.45) is 1.64. The van der Waals surface area contributed by atoms with E-state index in [1.165, 1.54) is 35.5 Å². The number of carbonyl (C=O) groups is 4. The molecule has 0 spiro atoms. The van der Waals surface area contributed by atoms with Gasteiger partial charge in [-0.25, -0.2) is 13.2 Å². The fraction of sp³-hybridized carbons (Fsp3) is 0.333. The molecule has 2 aliphatic rings. The molecular weight excluding hydrogens is 460 g/mol. The molecule has 4 rings (SSSR count). The molecule has 178 valence electrons. The van der Waals surface area contributed by atoms with E-state index in [0.29, 0.717) is 13.1 Å². The first-order chi connectivity index (χ1) is 16.1. The summed E-state index contributed by atoms with van der Waals surface area (Å²) in [6.45, 7) is 3.50. The summed E-state index contributed by atoms with van der Waals surface area (Å²) in [6, 6.07) is 9.07. The molecule has 2 heterocycles. The summed E-state index contributed by atoms with van der Waals surface area (Å²) in [5, 5.41) is 0. The Morgan fingerprint density at radius 3 is 2.24 bits per heavy atom. The van der Waals surface area contributed by atoms with Crippen molar-refractivity contribution in [1.82, 2.24) is 9.21 Å². The quantitative estimate of drug-likeness (QED) is 0.336. The summed E-state index contributed by atoms with van der Waals surface area (Å²) in [5.74, 6) is -2.61. The first kappa shape index (κ1) is 23.8. The van der Waals surface area contributed by atoms with Crippen LogP contribution in [-0.4, -0.2) is 66.9 Å². The number of sulfonamides is 1. The zero-order valence-corrected chi connectivity index (χ0v) is 19.6. The van der Waals surface area contributed by atoms with Crippen LogP contribution in [0.3, 0.4) is 0 Å². The van der Waals surface area contributed by atoms with Crippen LogP contribution in [0.15, 0.2) is 47.4 Å². The summed E-state index contributed by atoms with van der Waals surface area (Å²) in [7, 11) is -3.60. The van der Waals surface area contributed by atoms with Gasteiger partial charge in [-0.3, -0.25) is 19.3 Å². The van der Waals surface area contributed by atoms with Crippen LogP contribution in [0.4, 0.5) is 0 Å². The molecule has 0 aromatic heterocycles. The first-order valence-electron chi connectivity index (χ1n) is 10.9. The molecule has 34 heavy (non-hydrogen) atoms. The third-order valence-corrected chi connectivity index (χ3v) is 7.94. The van der Waals surface area contributed by atoms with Crippen molar-refractivity contribution in [3.05, 3.63) is 64.7 Å². The van der Waals surface area contributed by atoms with Gasteiger partial charge in [0.2, 0.25) is 10.0 Å². The Morgan fingerprint density at radius 2 is 1.59 bits per heavy atom. The molecule has 2 aromatic rings. The van der Waals surface area contributed by atoms with Gasteiger partial charge in [-0.05, 0) is 63.1 Å². The van der Waals surface area contributed by atoms with Gasteiger partial charge in [0.1, 0.15) is 6.04 Å². The van der Waals surface area contributed by atoms with Gasteiger partial charge >= 0.3 is 5.97 Å². The lowest BCUT2D eigenvalue weighted by Crippen LogP contribution is -2.44. The number of aryl methyl sites for hydroxylation is 1. The zero-order chi connectivity index (χ0) is 24.6. The summed E-state index contributed by atoms with van der Waals surface area (Å²) in [4.78, 5) is 51.2. The Balaban J connectivity index is 1.38. The van der Waals surface area contributed by atoms with E-state index in [0.717, 1.165) is 23.3 Å². The van der Waals surface area contributed by atoms with Gasteiger partial charge in [-0.15, -0.1) is 0 Å². The fourth-order valence-corrected chi connectivity index (χ4v) is 5.58. The molecule has 2 aliphatic heterocycles. The lowest BCUT2D eigenvalue weighted by molar-refractivity contribution is -0.146. The lowest BCUT2D eigenvalue weighted by atomic mass is 10.1. The number of ketones is 1. The molecule has 2 aromatic carbocycles. The van der Waals surface area contributed by atoms with Crippen molar-refractivity contribution in [1.29, 1.82) is 0 Å². The van der Waals surface area contributed by atoms with Gasteiger partial charge in [0.25, 0.3) is 11.8 Å². The molecule has 0 aliphatic carbocycles. The van der Waals surface area contributed by atoms with Crippen LogP contribution in [0, 0.1) is 6.92 Å². The van der Waals surface area contributed by atoms with Crippen molar-refractivity contribution in [2.45, 2.75) is 37.6 Å². The number of rotatable bonds is 7. The first-order valence-corrected chi connectivity index (χ1v) is 12.3. The maximum atomic E-state index is 12.7. The van der Waals surface area contributed by atoms with Gasteiger partial charge in [0, 0.05) is 18.7 Å². The second-order valence-corrected chi connectivity index (χ2v) is 10.3. The van der Waals surface area contributed by atoms with Gasteiger partial charge in [-0.2, -0.15) is 4.31 Å². The number of fused-ring (bicyclic) bond motifs is 1. The lowest BCUT2D eigenvalue weighted by Gasteiger charge is -2.20. The normalized spacial score (nSPS) is 17.1. The highest BCUT2D eigenvalue weighted by Gasteiger charge is 2.41. The third-order valence-electron chi connectivity index (χ3n) is 6.03. The summed E-state index contributed by atoms with van der Waals surface area (Å²) >= 11 is 0. The van der Waals surface area contributed by atoms with E-state index in [-0.39, 0.29) is 21.6 Å². The maximum Gasteiger partial charge on any atom is 0.329 e. The Kier molecular flexibility index (Phi) is 6.37. The number of carbonyl (C=O) groups excluding carboxylic acids is 4. The molecule has 10 heteroatoms. The minimum absolute atomic E-state index is 0.0948. The van der Waals surface area contributed by atoms with Crippen molar-refractivity contribution in [2.24, 2.45) is 0 Å². The van der Waals surface area contributed by atoms with Gasteiger partial charge < -0.3 is 4.74 Å². The molecule has 0 radical (unpaired) electrons. The van der Waals surface area contributed by atoms with E-state index >= 15 is 0 Å². The number of hydrogen-bond donors (Lipinski definition) is 0. The largest absolute Gasteiger partial charge is 0.456 e. The number of hydrogen-bond acceptors (Lipinski definition) is 7. The minimum Gasteiger partial charge on any atom is -0.456 e. The molecule has 0 saturated carbocycles. The Labute approximate surface area is 197 Å². The van der Waals surface area contributed by atoms with Crippen LogP contribution in [0.2, 0.25) is 0 Å². The second kappa shape index (κ2) is 9.11. The van der Waals surface area contributed by atoms with Crippen LogP contribution >= 0.6 is 0 Å². The standard InChI is InChI=1S/C24H24N2O7S/c1-15-5-10-19-20(13-15)23(29)26(22(19)28)16(2)24(30)33-14-21(27)17-6-8-18(9-7-17)34(31,32)25-11-3-4-12-25/h5-10,13,16H,3-4,11-12,14H2,1-2H3. The van der Waals surface area contributed by atoms with Crippen LogP contribution < -0.4 is 0 Å². The number of Topliss-reactive ketones (excluding diaryl/α,β-unsaturated/α-hetero) is 1. The zero-order valence-electron chi connectivity index (χ0n) is 18.8. The third kappa shape index (κ3) is 4.26. The van der Waals surface area contributed by atoms with E-state index < -0.39 is 46.2 Å². The molecule has 0 bridgehead atoms. The van der Waals surface area contributed by atoms with Gasteiger partial charge in [-0.1, -0.05) is 11.6 Å². The number of esters is 1. The van der Waals surface area contributed by atoms with E-state index in [9.17, 15) is 27.6 Å². The molecule has 1 fully saturated rings. The Morgan fingerprint density at radius 1 is 0.971 bits per heavy atom. The van der Waals surface area contributed by atoms with E-state index in [2.05, 4.69) is 0 Å². The van der Waals surface area contributed by atoms with E-state index in [4.69, 9.17) is 4.74 Å². The van der Waals surface area contributed by atoms with E-state index in [1.807, 2.05) is 0 Å². The smallest absolute Gasteiger partial charge is 0.329 e. The number of imide groups is 1. The predicted molar refractivity (Wildman–Crippen MR) is 121 cm³/mol. The maximum absolute atomic E-state index is 12.7. The summed E-state index contributed by atoms with van der Waals surface area (Å²) < 4.78 is 31.7. The Bertz CT molecular complexity index is 1280.